The third kappa shape index (κ3) is 2.76. The fraction of sp³-hybridized carbons (Fsp3) is 0.600. The van der Waals surface area contributed by atoms with E-state index in [1.54, 1.807) is 0 Å². The van der Waals surface area contributed by atoms with Gasteiger partial charge in [-0.1, -0.05) is 0 Å². The second-order valence-electron chi connectivity index (χ2n) is 4.57. The minimum atomic E-state index is -1.19. The number of hydrogen-bond donors (Lipinski definition) is 3. The van der Waals surface area contributed by atoms with Gasteiger partial charge in [-0.2, -0.15) is 0 Å². The molecule has 1 aliphatic rings. The van der Waals surface area contributed by atoms with Crippen molar-refractivity contribution in [1.29, 1.82) is 0 Å². The zero-order valence-corrected chi connectivity index (χ0v) is 10.3. The van der Waals surface area contributed by atoms with Crippen molar-refractivity contribution in [1.82, 2.24) is 15.5 Å². The first-order valence-electron chi connectivity index (χ1n) is 5.31. The van der Waals surface area contributed by atoms with E-state index in [1.807, 2.05) is 0 Å². The van der Waals surface area contributed by atoms with Gasteiger partial charge in [-0.05, 0) is 20.8 Å². The number of rotatable bonds is 4. The first kappa shape index (κ1) is 13.9. The molecule has 0 aromatic heterocycles. The highest BCUT2D eigenvalue weighted by Gasteiger charge is 2.44. The molecule has 3 N–H and O–H groups in total. The number of nitrogens with zero attached hydrogens (tertiary/aromatic N) is 1. The topological polar surface area (TPSA) is 116 Å². The van der Waals surface area contributed by atoms with E-state index in [2.05, 4.69) is 10.6 Å². The maximum Gasteiger partial charge on any atom is 0.325 e. The molecule has 1 fully saturated rings. The van der Waals surface area contributed by atoms with Crippen LogP contribution in [0.25, 0.3) is 0 Å². The second kappa shape index (κ2) is 4.63. The molecule has 0 unspecified atom stereocenters. The number of carboxylic acid groups (broad SMARTS) is 1. The van der Waals surface area contributed by atoms with E-state index in [0.717, 1.165) is 4.90 Å². The van der Waals surface area contributed by atoms with E-state index in [1.165, 1.54) is 20.8 Å². The molecular formula is C10H15N3O5. The monoisotopic (exact) mass is 257 g/mol. The molecular weight excluding hydrogens is 242 g/mol. The highest BCUT2D eigenvalue weighted by Crippen LogP contribution is 2.15. The van der Waals surface area contributed by atoms with Gasteiger partial charge >= 0.3 is 12.0 Å². The Morgan fingerprint density at radius 2 is 2.00 bits per heavy atom. The largest absolute Gasteiger partial charge is 0.480 e. The number of carbonyl (C=O) groups is 4. The minimum absolute atomic E-state index is 0.494. The van der Waals surface area contributed by atoms with E-state index < -0.39 is 41.9 Å². The Balaban J connectivity index is 2.63. The summed E-state index contributed by atoms with van der Waals surface area (Å²) in [5, 5.41) is 13.2. The van der Waals surface area contributed by atoms with Crippen LogP contribution in [-0.4, -0.2) is 51.9 Å². The van der Waals surface area contributed by atoms with E-state index in [9.17, 15) is 19.2 Å². The number of nitrogens with one attached hydrogen (secondary N) is 2. The van der Waals surface area contributed by atoms with Gasteiger partial charge in [0.15, 0.2) is 0 Å². The summed E-state index contributed by atoms with van der Waals surface area (Å²) in [6.45, 7) is 3.83. The Hall–Kier alpha value is -2.12. The summed E-state index contributed by atoms with van der Waals surface area (Å²) in [7, 11) is 0. The molecule has 0 aromatic rings. The normalized spacial score (nSPS) is 19.4. The van der Waals surface area contributed by atoms with Crippen molar-refractivity contribution in [2.24, 2.45) is 0 Å². The van der Waals surface area contributed by atoms with Crippen LogP contribution in [0.4, 0.5) is 4.79 Å². The standard InChI is InChI=1S/C10H15N3O5/c1-5(7(15)16)11-6(14)4-13-8(17)10(2,3)12-9(13)18/h5H,4H2,1-3H3,(H,11,14)(H,12,18)(H,15,16)/t5-/m1/s1. The molecule has 1 heterocycles. The van der Waals surface area contributed by atoms with E-state index in [4.69, 9.17) is 5.11 Å². The molecule has 0 aliphatic carbocycles. The molecule has 100 valence electrons. The van der Waals surface area contributed by atoms with Crippen molar-refractivity contribution in [2.75, 3.05) is 6.54 Å². The van der Waals surface area contributed by atoms with Gasteiger partial charge in [0.25, 0.3) is 5.91 Å². The number of imide groups is 1. The molecule has 1 aliphatic heterocycles. The second-order valence-corrected chi connectivity index (χ2v) is 4.57. The van der Waals surface area contributed by atoms with E-state index in [-0.39, 0.29) is 0 Å². The van der Waals surface area contributed by atoms with E-state index >= 15 is 0 Å². The van der Waals surface area contributed by atoms with Crippen LogP contribution in [0.15, 0.2) is 0 Å². The average molecular weight is 257 g/mol. The number of amides is 4. The van der Waals surface area contributed by atoms with Gasteiger partial charge in [0.05, 0.1) is 0 Å². The summed E-state index contributed by atoms with van der Waals surface area (Å²) in [5.74, 6) is -2.42. The van der Waals surface area contributed by atoms with Crippen molar-refractivity contribution in [3.05, 3.63) is 0 Å². The summed E-state index contributed by atoms with van der Waals surface area (Å²) >= 11 is 0. The Kier molecular flexibility index (Phi) is 3.59. The molecule has 0 spiro atoms. The summed E-state index contributed by atoms with van der Waals surface area (Å²) in [4.78, 5) is 45.9. The van der Waals surface area contributed by atoms with Crippen LogP contribution in [-0.2, 0) is 14.4 Å². The number of carbonyl (C=O) groups excluding carboxylic acids is 3. The molecule has 1 atom stereocenters. The first-order chi connectivity index (χ1) is 8.15. The third-order valence-electron chi connectivity index (χ3n) is 2.49. The Morgan fingerprint density at radius 1 is 1.44 bits per heavy atom. The third-order valence-corrected chi connectivity index (χ3v) is 2.49. The maximum absolute atomic E-state index is 11.7. The average Bonchev–Trinajstić information content (AvgIpc) is 2.40. The Labute approximate surface area is 103 Å². The lowest BCUT2D eigenvalue weighted by atomic mass is 10.1. The predicted molar refractivity (Wildman–Crippen MR) is 59.6 cm³/mol. The molecule has 8 heteroatoms. The van der Waals surface area contributed by atoms with Gasteiger partial charge in [-0.15, -0.1) is 0 Å². The maximum atomic E-state index is 11.7. The summed E-state index contributed by atoms with van der Waals surface area (Å²) < 4.78 is 0. The number of hydrogen-bond acceptors (Lipinski definition) is 4. The summed E-state index contributed by atoms with van der Waals surface area (Å²) in [6.07, 6.45) is 0. The van der Waals surface area contributed by atoms with E-state index in [0.29, 0.717) is 0 Å². The van der Waals surface area contributed by atoms with Crippen LogP contribution < -0.4 is 10.6 Å². The number of carboxylic acids is 1. The molecule has 0 aromatic carbocycles. The zero-order valence-electron chi connectivity index (χ0n) is 10.3. The van der Waals surface area contributed by atoms with Crippen LogP contribution in [0.3, 0.4) is 0 Å². The van der Waals surface area contributed by atoms with Crippen molar-refractivity contribution in [3.63, 3.8) is 0 Å². The van der Waals surface area contributed by atoms with Gasteiger partial charge in [0, 0.05) is 0 Å². The van der Waals surface area contributed by atoms with Gasteiger partial charge in [-0.3, -0.25) is 19.3 Å². The highest BCUT2D eigenvalue weighted by molar-refractivity contribution is 6.08. The van der Waals surface area contributed by atoms with Crippen molar-refractivity contribution in [3.8, 4) is 0 Å². The predicted octanol–water partition coefficient (Wildman–Crippen LogP) is -1.09. The van der Waals surface area contributed by atoms with Gasteiger partial charge in [0.2, 0.25) is 5.91 Å². The lowest BCUT2D eigenvalue weighted by Crippen LogP contribution is -2.46. The van der Waals surface area contributed by atoms with Gasteiger partial charge in [0.1, 0.15) is 18.1 Å². The quantitative estimate of drug-likeness (QED) is 0.553. The molecule has 8 nitrogen and oxygen atoms in total. The SMILES string of the molecule is C[C@@H](NC(=O)CN1C(=O)NC(C)(C)C1=O)C(=O)O. The molecule has 1 saturated heterocycles. The number of aliphatic carboxylic acids is 1. The van der Waals surface area contributed by atoms with Crippen LogP contribution in [0.2, 0.25) is 0 Å². The summed E-state index contributed by atoms with van der Waals surface area (Å²) in [6, 6.07) is -1.74. The Morgan fingerprint density at radius 3 is 2.39 bits per heavy atom. The first-order valence-corrected chi connectivity index (χ1v) is 5.31. The molecule has 1 rings (SSSR count). The fourth-order valence-corrected chi connectivity index (χ4v) is 1.45. The molecule has 4 amide bonds. The van der Waals surface area contributed by atoms with Crippen LogP contribution in [0, 0.1) is 0 Å². The van der Waals surface area contributed by atoms with Crippen molar-refractivity contribution < 1.29 is 24.3 Å². The number of urea groups is 1. The van der Waals surface area contributed by atoms with Crippen molar-refractivity contribution in [2.45, 2.75) is 32.4 Å². The van der Waals surface area contributed by atoms with Crippen molar-refractivity contribution >= 4 is 23.8 Å². The minimum Gasteiger partial charge on any atom is -0.480 e. The summed E-state index contributed by atoms with van der Waals surface area (Å²) in [5.41, 5.74) is -1.05. The van der Waals surface area contributed by atoms with Crippen LogP contribution in [0.5, 0.6) is 0 Å². The zero-order chi connectivity index (χ0) is 14.1. The lowest BCUT2D eigenvalue weighted by molar-refractivity contribution is -0.141. The van der Waals surface area contributed by atoms with Crippen LogP contribution in [0.1, 0.15) is 20.8 Å². The smallest absolute Gasteiger partial charge is 0.325 e. The highest BCUT2D eigenvalue weighted by atomic mass is 16.4. The van der Waals surface area contributed by atoms with Crippen LogP contribution >= 0.6 is 0 Å². The fourth-order valence-electron chi connectivity index (χ4n) is 1.45. The molecule has 0 saturated carbocycles. The molecule has 18 heavy (non-hydrogen) atoms. The Bertz CT molecular complexity index is 418. The molecule has 0 bridgehead atoms. The molecule has 0 radical (unpaired) electrons. The van der Waals surface area contributed by atoms with Gasteiger partial charge < -0.3 is 15.7 Å². The lowest BCUT2D eigenvalue weighted by Gasteiger charge is -2.16. The van der Waals surface area contributed by atoms with Gasteiger partial charge in [-0.25, -0.2) is 4.79 Å².